The topological polar surface area (TPSA) is 52.9 Å². The van der Waals surface area contributed by atoms with Gasteiger partial charge in [0, 0.05) is 12.1 Å². The summed E-state index contributed by atoms with van der Waals surface area (Å²) in [5.41, 5.74) is 8.57. The molecule has 3 nitrogen and oxygen atoms in total. The lowest BCUT2D eigenvalue weighted by Crippen LogP contribution is -2.24. The maximum Gasteiger partial charge on any atom is 0.247 e. The maximum absolute atomic E-state index is 12.6. The molecule has 3 heteroatoms. The standard InChI is InChI=1S/C26H28N2O/c1-16-21-13-18(15-27)14-23(19-5-7-20(8-6-19)26(2,3)4)24(21)12-17-9-10-28-25(29)22(16)11-17/h5-8,13-14,17H,9-12H2,1-4H3,(H,28,29). The van der Waals surface area contributed by atoms with Crippen LogP contribution in [-0.2, 0) is 16.6 Å². The molecule has 1 aliphatic carbocycles. The molecule has 29 heavy (non-hydrogen) atoms. The fraction of sp³-hybridized carbons (Fsp3) is 0.385. The van der Waals surface area contributed by atoms with E-state index in [9.17, 15) is 10.1 Å². The summed E-state index contributed by atoms with van der Waals surface area (Å²) in [6.07, 6.45) is 2.74. The van der Waals surface area contributed by atoms with E-state index >= 15 is 0 Å². The predicted molar refractivity (Wildman–Crippen MR) is 117 cm³/mol. The summed E-state index contributed by atoms with van der Waals surface area (Å²) in [5, 5.41) is 12.7. The molecule has 1 aliphatic heterocycles. The fourth-order valence-electron chi connectivity index (χ4n) is 4.63. The summed E-state index contributed by atoms with van der Waals surface area (Å²) in [5.74, 6) is 0.497. The summed E-state index contributed by atoms with van der Waals surface area (Å²) in [6.45, 7) is 9.42. The molecule has 1 atom stereocenters. The number of allylic oxidation sites excluding steroid dienone is 1. The Morgan fingerprint density at radius 1 is 1.07 bits per heavy atom. The second-order valence-corrected chi connectivity index (χ2v) is 9.41. The second-order valence-electron chi connectivity index (χ2n) is 9.41. The molecule has 1 N–H and O–H groups in total. The Labute approximate surface area is 173 Å². The van der Waals surface area contributed by atoms with Crippen LogP contribution in [0.25, 0.3) is 16.7 Å². The van der Waals surface area contributed by atoms with Crippen molar-refractivity contribution in [2.75, 3.05) is 6.54 Å². The van der Waals surface area contributed by atoms with Gasteiger partial charge in [0.1, 0.15) is 0 Å². The van der Waals surface area contributed by atoms with E-state index in [4.69, 9.17) is 0 Å². The van der Waals surface area contributed by atoms with E-state index in [1.807, 2.05) is 19.1 Å². The normalized spacial score (nSPS) is 19.0. The van der Waals surface area contributed by atoms with Crippen LogP contribution in [-0.4, -0.2) is 12.5 Å². The number of hydrogen-bond donors (Lipinski definition) is 1. The molecule has 1 amide bonds. The third-order valence-corrected chi connectivity index (χ3v) is 6.40. The van der Waals surface area contributed by atoms with Crippen molar-refractivity contribution in [2.45, 2.75) is 52.4 Å². The van der Waals surface area contributed by atoms with Gasteiger partial charge in [-0.25, -0.2) is 0 Å². The number of hydrogen-bond acceptors (Lipinski definition) is 2. The number of nitriles is 1. The first-order valence-electron chi connectivity index (χ1n) is 10.4. The predicted octanol–water partition coefficient (Wildman–Crippen LogP) is 5.38. The molecule has 0 saturated carbocycles. The highest BCUT2D eigenvalue weighted by Crippen LogP contribution is 2.40. The highest BCUT2D eigenvalue weighted by atomic mass is 16.1. The van der Waals surface area contributed by atoms with Gasteiger partial charge >= 0.3 is 0 Å². The third kappa shape index (κ3) is 3.60. The number of carbonyl (C=O) groups is 1. The molecule has 2 bridgehead atoms. The SMILES string of the molecule is CC1=C2CC(CCNC2=O)Cc2c1cc(C#N)cc2-c1ccc(C(C)(C)C)cc1. The van der Waals surface area contributed by atoms with E-state index < -0.39 is 0 Å². The van der Waals surface area contributed by atoms with Crippen molar-refractivity contribution < 1.29 is 4.79 Å². The van der Waals surface area contributed by atoms with Crippen molar-refractivity contribution >= 4 is 11.5 Å². The molecule has 0 spiro atoms. The Morgan fingerprint density at radius 3 is 2.41 bits per heavy atom. The van der Waals surface area contributed by atoms with Crippen LogP contribution in [0.5, 0.6) is 0 Å². The molecule has 1 heterocycles. The number of nitrogens with zero attached hydrogens (tertiary/aromatic N) is 1. The molecule has 148 valence electrons. The van der Waals surface area contributed by atoms with Gasteiger partial charge < -0.3 is 5.32 Å². The molecular weight excluding hydrogens is 356 g/mol. The number of benzene rings is 2. The Bertz CT molecular complexity index is 1050. The smallest absolute Gasteiger partial charge is 0.247 e. The molecule has 2 aromatic carbocycles. The van der Waals surface area contributed by atoms with E-state index in [1.54, 1.807) is 0 Å². The first-order chi connectivity index (χ1) is 13.8. The molecule has 1 saturated heterocycles. The molecule has 0 radical (unpaired) electrons. The van der Waals surface area contributed by atoms with E-state index in [0.29, 0.717) is 11.5 Å². The zero-order valence-electron chi connectivity index (χ0n) is 17.7. The van der Waals surface area contributed by atoms with Gasteiger partial charge in [0.2, 0.25) is 5.91 Å². The van der Waals surface area contributed by atoms with Gasteiger partial charge in [0.15, 0.2) is 0 Å². The summed E-state index contributed by atoms with van der Waals surface area (Å²) in [7, 11) is 0. The zero-order valence-corrected chi connectivity index (χ0v) is 17.7. The molecule has 1 fully saturated rings. The highest BCUT2D eigenvalue weighted by Gasteiger charge is 2.29. The lowest BCUT2D eigenvalue weighted by molar-refractivity contribution is -0.117. The average Bonchev–Trinajstić information content (AvgIpc) is 2.96. The van der Waals surface area contributed by atoms with Crippen LogP contribution < -0.4 is 5.32 Å². The summed E-state index contributed by atoms with van der Waals surface area (Å²) >= 11 is 0. The summed E-state index contributed by atoms with van der Waals surface area (Å²) < 4.78 is 0. The molecule has 1 unspecified atom stereocenters. The monoisotopic (exact) mass is 384 g/mol. The van der Waals surface area contributed by atoms with E-state index in [1.165, 1.54) is 11.1 Å². The minimum atomic E-state index is 0.0521. The van der Waals surface area contributed by atoms with Crippen LogP contribution in [0.3, 0.4) is 0 Å². The lowest BCUT2D eigenvalue weighted by atomic mass is 9.83. The highest BCUT2D eigenvalue weighted by molar-refractivity contribution is 6.02. The van der Waals surface area contributed by atoms with Gasteiger partial charge in [-0.1, -0.05) is 45.0 Å². The summed E-state index contributed by atoms with van der Waals surface area (Å²) in [4.78, 5) is 12.6. The largest absolute Gasteiger partial charge is 0.352 e. The minimum absolute atomic E-state index is 0.0521. The van der Waals surface area contributed by atoms with Crippen LogP contribution in [0.4, 0.5) is 0 Å². The lowest BCUT2D eigenvalue weighted by Gasteiger charge is -2.21. The quantitative estimate of drug-likeness (QED) is 0.718. The second kappa shape index (κ2) is 7.19. The van der Waals surface area contributed by atoms with E-state index in [0.717, 1.165) is 53.6 Å². The zero-order chi connectivity index (χ0) is 20.8. The average molecular weight is 385 g/mol. The van der Waals surface area contributed by atoms with Crippen molar-refractivity contribution in [3.05, 3.63) is 64.2 Å². The van der Waals surface area contributed by atoms with E-state index in [-0.39, 0.29) is 11.3 Å². The van der Waals surface area contributed by atoms with Crippen molar-refractivity contribution in [3.63, 3.8) is 0 Å². The first-order valence-corrected chi connectivity index (χ1v) is 10.4. The van der Waals surface area contributed by atoms with Crippen molar-refractivity contribution in [1.82, 2.24) is 5.32 Å². The van der Waals surface area contributed by atoms with Crippen LogP contribution >= 0.6 is 0 Å². The van der Waals surface area contributed by atoms with Crippen LogP contribution in [0, 0.1) is 17.2 Å². The van der Waals surface area contributed by atoms with Gasteiger partial charge in [-0.05, 0) is 83.0 Å². The third-order valence-electron chi connectivity index (χ3n) is 6.40. The first kappa shape index (κ1) is 19.5. The maximum atomic E-state index is 12.6. The Morgan fingerprint density at radius 2 is 1.76 bits per heavy atom. The minimum Gasteiger partial charge on any atom is -0.352 e. The molecular formula is C26H28N2O. The van der Waals surface area contributed by atoms with Crippen LogP contribution in [0.2, 0.25) is 0 Å². The molecule has 2 aliphatic rings. The van der Waals surface area contributed by atoms with Gasteiger partial charge in [-0.2, -0.15) is 5.26 Å². The molecule has 0 aromatic heterocycles. The Hall–Kier alpha value is -2.86. The Kier molecular flexibility index (Phi) is 4.82. The molecule has 2 aromatic rings. The van der Waals surface area contributed by atoms with Crippen molar-refractivity contribution in [1.29, 1.82) is 5.26 Å². The summed E-state index contributed by atoms with van der Waals surface area (Å²) in [6, 6.07) is 15.1. The van der Waals surface area contributed by atoms with Crippen LogP contribution in [0.15, 0.2) is 42.0 Å². The van der Waals surface area contributed by atoms with E-state index in [2.05, 4.69) is 56.4 Å². The van der Waals surface area contributed by atoms with Gasteiger partial charge in [-0.3, -0.25) is 4.79 Å². The van der Waals surface area contributed by atoms with Gasteiger partial charge in [0.05, 0.1) is 11.6 Å². The van der Waals surface area contributed by atoms with Gasteiger partial charge in [-0.15, -0.1) is 0 Å². The molecule has 4 rings (SSSR count). The van der Waals surface area contributed by atoms with Crippen molar-refractivity contribution in [3.8, 4) is 17.2 Å². The number of amides is 1. The fourth-order valence-corrected chi connectivity index (χ4v) is 4.63. The van der Waals surface area contributed by atoms with Gasteiger partial charge in [0.25, 0.3) is 0 Å². The number of fused-ring (bicyclic) bond motifs is 3. The number of nitrogens with one attached hydrogen (secondary N) is 1. The Balaban J connectivity index is 1.92. The number of carbonyl (C=O) groups excluding carboxylic acids is 1. The van der Waals surface area contributed by atoms with Crippen LogP contribution in [0.1, 0.15) is 62.8 Å². The van der Waals surface area contributed by atoms with Crippen molar-refractivity contribution in [2.24, 2.45) is 5.92 Å². The number of rotatable bonds is 1.